The maximum absolute atomic E-state index is 13.4. The summed E-state index contributed by atoms with van der Waals surface area (Å²) in [6.45, 7) is 0. The van der Waals surface area contributed by atoms with Gasteiger partial charge < -0.3 is 0 Å². The maximum Gasteiger partial charge on any atom is 0.149 e. The van der Waals surface area contributed by atoms with Crippen LogP contribution in [0.4, 0.5) is 4.39 Å². The molecule has 15 heavy (non-hydrogen) atoms. The van der Waals surface area contributed by atoms with Gasteiger partial charge in [0.15, 0.2) is 0 Å². The first kappa shape index (κ1) is 9.35. The van der Waals surface area contributed by atoms with Crippen LogP contribution in [0, 0.1) is 17.1 Å². The van der Waals surface area contributed by atoms with E-state index in [0.717, 1.165) is 0 Å². The van der Waals surface area contributed by atoms with Gasteiger partial charge in [-0.2, -0.15) is 5.26 Å². The second-order valence-electron chi connectivity index (χ2n) is 3.03. The van der Waals surface area contributed by atoms with Crippen molar-refractivity contribution in [1.82, 2.24) is 4.98 Å². The van der Waals surface area contributed by atoms with Crippen LogP contribution >= 0.6 is 0 Å². The summed E-state index contributed by atoms with van der Waals surface area (Å²) in [5, 5.41) is 8.71. The van der Waals surface area contributed by atoms with Crippen molar-refractivity contribution in [2.75, 3.05) is 0 Å². The van der Waals surface area contributed by atoms with E-state index in [1.807, 2.05) is 6.07 Å². The molecule has 0 amide bonds. The van der Waals surface area contributed by atoms with Gasteiger partial charge in [0.2, 0.25) is 0 Å². The van der Waals surface area contributed by atoms with Crippen molar-refractivity contribution >= 4 is 0 Å². The standard InChI is InChI=1S/C12H7FN2/c13-11-5-2-6-15-12(11)10-4-1-3-9(7-10)8-14/h1-7H. The van der Waals surface area contributed by atoms with Crippen molar-refractivity contribution in [3.63, 3.8) is 0 Å². The highest BCUT2D eigenvalue weighted by Crippen LogP contribution is 2.20. The average Bonchev–Trinajstić information content (AvgIpc) is 2.30. The number of rotatable bonds is 1. The minimum absolute atomic E-state index is 0.273. The molecular weight excluding hydrogens is 191 g/mol. The zero-order valence-electron chi connectivity index (χ0n) is 7.81. The first-order chi connectivity index (χ1) is 7.31. The van der Waals surface area contributed by atoms with Crippen molar-refractivity contribution in [1.29, 1.82) is 5.26 Å². The van der Waals surface area contributed by atoms with Gasteiger partial charge in [-0.15, -0.1) is 0 Å². The van der Waals surface area contributed by atoms with E-state index in [4.69, 9.17) is 5.26 Å². The van der Waals surface area contributed by atoms with Crippen molar-refractivity contribution in [2.24, 2.45) is 0 Å². The Bertz CT molecular complexity index is 529. The summed E-state index contributed by atoms with van der Waals surface area (Å²) in [7, 11) is 0. The van der Waals surface area contributed by atoms with Crippen molar-refractivity contribution in [3.8, 4) is 17.3 Å². The third-order valence-electron chi connectivity index (χ3n) is 2.02. The van der Waals surface area contributed by atoms with Gasteiger partial charge in [-0.25, -0.2) is 4.39 Å². The molecule has 0 aliphatic rings. The highest BCUT2D eigenvalue weighted by molar-refractivity contribution is 5.61. The largest absolute Gasteiger partial charge is 0.253 e. The Morgan fingerprint density at radius 3 is 2.80 bits per heavy atom. The van der Waals surface area contributed by atoms with Crippen molar-refractivity contribution < 1.29 is 4.39 Å². The summed E-state index contributed by atoms with van der Waals surface area (Å²) in [4.78, 5) is 3.94. The van der Waals surface area contributed by atoms with Gasteiger partial charge in [0.1, 0.15) is 11.5 Å². The van der Waals surface area contributed by atoms with Crippen molar-refractivity contribution in [3.05, 3.63) is 54.0 Å². The van der Waals surface area contributed by atoms with Gasteiger partial charge in [-0.3, -0.25) is 4.98 Å². The van der Waals surface area contributed by atoms with Gasteiger partial charge >= 0.3 is 0 Å². The van der Waals surface area contributed by atoms with Crippen LogP contribution < -0.4 is 0 Å². The van der Waals surface area contributed by atoms with Crippen LogP contribution in [0.3, 0.4) is 0 Å². The number of nitrogens with zero attached hydrogens (tertiary/aromatic N) is 2. The number of hydrogen-bond donors (Lipinski definition) is 0. The van der Waals surface area contributed by atoms with Crippen molar-refractivity contribution in [2.45, 2.75) is 0 Å². The number of aromatic nitrogens is 1. The molecular formula is C12H7FN2. The molecule has 0 saturated heterocycles. The van der Waals surface area contributed by atoms with Gasteiger partial charge in [-0.05, 0) is 24.3 Å². The summed E-state index contributed by atoms with van der Waals surface area (Å²) in [5.74, 6) is -0.382. The van der Waals surface area contributed by atoms with Crippen LogP contribution in [0.5, 0.6) is 0 Å². The van der Waals surface area contributed by atoms with E-state index in [1.165, 1.54) is 18.3 Å². The molecule has 0 radical (unpaired) electrons. The lowest BCUT2D eigenvalue weighted by atomic mass is 10.1. The summed E-state index contributed by atoms with van der Waals surface area (Å²) in [6.07, 6.45) is 1.53. The summed E-state index contributed by atoms with van der Waals surface area (Å²) in [6, 6.07) is 11.6. The zero-order chi connectivity index (χ0) is 10.7. The van der Waals surface area contributed by atoms with E-state index in [1.54, 1.807) is 24.3 Å². The molecule has 0 atom stereocenters. The Morgan fingerprint density at radius 1 is 1.20 bits per heavy atom. The van der Waals surface area contributed by atoms with Gasteiger partial charge in [0.05, 0.1) is 11.6 Å². The zero-order valence-corrected chi connectivity index (χ0v) is 7.81. The van der Waals surface area contributed by atoms with Gasteiger partial charge in [0, 0.05) is 11.8 Å². The van der Waals surface area contributed by atoms with Crippen LogP contribution in [0.15, 0.2) is 42.6 Å². The Morgan fingerprint density at radius 2 is 2.07 bits per heavy atom. The molecule has 1 heterocycles. The lowest BCUT2D eigenvalue weighted by Crippen LogP contribution is -1.88. The quantitative estimate of drug-likeness (QED) is 0.706. The summed E-state index contributed by atoms with van der Waals surface area (Å²) in [5.41, 5.74) is 1.39. The molecule has 1 aromatic carbocycles. The molecule has 0 saturated carbocycles. The van der Waals surface area contributed by atoms with Crippen LogP contribution in [0.25, 0.3) is 11.3 Å². The SMILES string of the molecule is N#Cc1cccc(-c2ncccc2F)c1. The van der Waals surface area contributed by atoms with Crippen LogP contribution in [0.2, 0.25) is 0 Å². The molecule has 0 aliphatic heterocycles. The van der Waals surface area contributed by atoms with Gasteiger partial charge in [0.25, 0.3) is 0 Å². The highest BCUT2D eigenvalue weighted by atomic mass is 19.1. The van der Waals surface area contributed by atoms with Gasteiger partial charge in [-0.1, -0.05) is 12.1 Å². The molecule has 0 N–H and O–H groups in total. The van der Waals surface area contributed by atoms with E-state index < -0.39 is 0 Å². The molecule has 0 unspecified atom stereocenters. The molecule has 0 aliphatic carbocycles. The normalized spacial score (nSPS) is 9.60. The van der Waals surface area contributed by atoms with E-state index >= 15 is 0 Å². The number of hydrogen-bond acceptors (Lipinski definition) is 2. The Balaban J connectivity index is 2.55. The van der Waals surface area contributed by atoms with Crippen LogP contribution in [-0.4, -0.2) is 4.98 Å². The molecule has 1 aromatic heterocycles. The fraction of sp³-hybridized carbons (Fsp3) is 0. The second kappa shape index (κ2) is 3.89. The second-order valence-corrected chi connectivity index (χ2v) is 3.03. The van der Waals surface area contributed by atoms with E-state index in [9.17, 15) is 4.39 Å². The third-order valence-corrected chi connectivity index (χ3v) is 2.02. The predicted molar refractivity (Wildman–Crippen MR) is 54.3 cm³/mol. The molecule has 0 fully saturated rings. The monoisotopic (exact) mass is 198 g/mol. The maximum atomic E-state index is 13.4. The average molecular weight is 198 g/mol. The number of nitriles is 1. The lowest BCUT2D eigenvalue weighted by molar-refractivity contribution is 0.626. The molecule has 2 nitrogen and oxygen atoms in total. The third kappa shape index (κ3) is 1.84. The van der Waals surface area contributed by atoms with E-state index in [0.29, 0.717) is 11.1 Å². The first-order valence-corrected chi connectivity index (χ1v) is 4.42. The Kier molecular flexibility index (Phi) is 2.42. The van der Waals surface area contributed by atoms with Crippen LogP contribution in [-0.2, 0) is 0 Å². The molecule has 2 rings (SSSR count). The number of halogens is 1. The lowest BCUT2D eigenvalue weighted by Gasteiger charge is -2.01. The van der Waals surface area contributed by atoms with E-state index in [2.05, 4.69) is 4.98 Å². The fourth-order valence-corrected chi connectivity index (χ4v) is 1.33. The summed E-state index contributed by atoms with van der Waals surface area (Å²) >= 11 is 0. The molecule has 0 bridgehead atoms. The molecule has 0 spiro atoms. The molecule has 3 heteroatoms. The number of pyridine rings is 1. The first-order valence-electron chi connectivity index (χ1n) is 4.42. The minimum atomic E-state index is -0.382. The van der Waals surface area contributed by atoms with Crippen LogP contribution in [0.1, 0.15) is 5.56 Å². The molecule has 72 valence electrons. The fourth-order valence-electron chi connectivity index (χ4n) is 1.33. The Labute approximate surface area is 86.6 Å². The predicted octanol–water partition coefficient (Wildman–Crippen LogP) is 2.76. The number of benzene rings is 1. The highest BCUT2D eigenvalue weighted by Gasteiger charge is 2.05. The Hall–Kier alpha value is -2.21. The molecule has 2 aromatic rings. The minimum Gasteiger partial charge on any atom is -0.253 e. The smallest absolute Gasteiger partial charge is 0.149 e. The summed E-state index contributed by atoms with van der Waals surface area (Å²) < 4.78 is 13.4. The topological polar surface area (TPSA) is 36.7 Å². The van der Waals surface area contributed by atoms with E-state index in [-0.39, 0.29) is 11.5 Å².